The first kappa shape index (κ1) is 16.0. The molecule has 5 nitrogen and oxygen atoms in total. The predicted molar refractivity (Wildman–Crippen MR) is 90.3 cm³/mol. The molecule has 2 amide bonds. The lowest BCUT2D eigenvalue weighted by Gasteiger charge is -2.22. The highest BCUT2D eigenvalue weighted by Gasteiger charge is 2.24. The van der Waals surface area contributed by atoms with E-state index in [0.717, 1.165) is 44.6 Å². The summed E-state index contributed by atoms with van der Waals surface area (Å²) in [7, 11) is 0. The van der Waals surface area contributed by atoms with Crippen molar-refractivity contribution in [1.29, 1.82) is 0 Å². The van der Waals surface area contributed by atoms with Crippen LogP contribution in [0.5, 0.6) is 0 Å². The summed E-state index contributed by atoms with van der Waals surface area (Å²) < 4.78 is 0. The van der Waals surface area contributed by atoms with Crippen molar-refractivity contribution in [2.24, 2.45) is 5.92 Å². The van der Waals surface area contributed by atoms with E-state index in [4.69, 9.17) is 0 Å². The number of carbonyl (C=O) groups is 2. The summed E-state index contributed by atoms with van der Waals surface area (Å²) >= 11 is 0. The Kier molecular flexibility index (Phi) is 5.28. The third-order valence-corrected chi connectivity index (χ3v) is 4.72. The highest BCUT2D eigenvalue weighted by molar-refractivity contribution is 5.95. The number of hydrogen-bond acceptors (Lipinski definition) is 3. The van der Waals surface area contributed by atoms with Crippen LogP contribution in [0.1, 0.15) is 31.2 Å². The second-order valence-corrected chi connectivity index (χ2v) is 6.36. The van der Waals surface area contributed by atoms with Crippen LogP contribution in [0.25, 0.3) is 0 Å². The van der Waals surface area contributed by atoms with E-state index in [1.54, 1.807) is 0 Å². The molecule has 3 rings (SSSR count). The minimum atomic E-state index is 0.0879. The Labute approximate surface area is 137 Å². The lowest BCUT2D eigenvalue weighted by atomic mass is 9.99. The second kappa shape index (κ2) is 7.59. The van der Waals surface area contributed by atoms with Crippen LogP contribution in [0.15, 0.2) is 24.3 Å². The van der Waals surface area contributed by atoms with Crippen molar-refractivity contribution in [3.05, 3.63) is 29.8 Å². The highest BCUT2D eigenvalue weighted by atomic mass is 16.2. The molecule has 1 aromatic rings. The van der Waals surface area contributed by atoms with Crippen LogP contribution in [0, 0.1) is 5.92 Å². The molecule has 0 spiro atoms. The van der Waals surface area contributed by atoms with Gasteiger partial charge in [0, 0.05) is 31.7 Å². The van der Waals surface area contributed by atoms with Gasteiger partial charge in [-0.1, -0.05) is 18.2 Å². The molecule has 2 heterocycles. The van der Waals surface area contributed by atoms with Gasteiger partial charge in [0.05, 0.1) is 5.92 Å². The maximum absolute atomic E-state index is 12.4. The Morgan fingerprint density at radius 3 is 3.00 bits per heavy atom. The second-order valence-electron chi connectivity index (χ2n) is 6.36. The Hall–Kier alpha value is -1.88. The number of fused-ring (bicyclic) bond motifs is 1. The number of benzene rings is 1. The minimum absolute atomic E-state index is 0.0879. The number of rotatable bonds is 5. The van der Waals surface area contributed by atoms with Crippen LogP contribution >= 0.6 is 0 Å². The van der Waals surface area contributed by atoms with Crippen molar-refractivity contribution < 1.29 is 9.59 Å². The van der Waals surface area contributed by atoms with E-state index in [2.05, 4.69) is 16.7 Å². The van der Waals surface area contributed by atoms with Gasteiger partial charge in [-0.2, -0.15) is 0 Å². The van der Waals surface area contributed by atoms with Crippen molar-refractivity contribution in [1.82, 2.24) is 10.6 Å². The third kappa shape index (κ3) is 3.91. The van der Waals surface area contributed by atoms with E-state index in [9.17, 15) is 9.59 Å². The molecule has 124 valence electrons. The number of nitrogens with zero attached hydrogens (tertiary/aromatic N) is 1. The number of amides is 2. The number of para-hydroxylation sites is 1. The zero-order chi connectivity index (χ0) is 16.1. The van der Waals surface area contributed by atoms with Crippen molar-refractivity contribution in [2.75, 3.05) is 31.1 Å². The van der Waals surface area contributed by atoms with Crippen LogP contribution in [-0.4, -0.2) is 38.0 Å². The lowest BCUT2D eigenvalue weighted by Crippen LogP contribution is -2.41. The van der Waals surface area contributed by atoms with Gasteiger partial charge >= 0.3 is 0 Å². The van der Waals surface area contributed by atoms with Crippen molar-refractivity contribution in [3.8, 4) is 0 Å². The summed E-state index contributed by atoms with van der Waals surface area (Å²) in [6, 6.07) is 8.09. The van der Waals surface area contributed by atoms with Gasteiger partial charge in [-0.05, 0) is 43.9 Å². The summed E-state index contributed by atoms with van der Waals surface area (Å²) in [6.45, 7) is 3.14. The molecule has 5 heteroatoms. The number of nitrogens with one attached hydrogen (secondary N) is 2. The van der Waals surface area contributed by atoms with Crippen LogP contribution in [0.4, 0.5) is 5.69 Å². The maximum atomic E-state index is 12.4. The summed E-state index contributed by atoms with van der Waals surface area (Å²) in [4.78, 5) is 26.3. The average molecular weight is 315 g/mol. The molecule has 0 aliphatic carbocycles. The van der Waals surface area contributed by atoms with E-state index >= 15 is 0 Å². The van der Waals surface area contributed by atoms with E-state index in [0.29, 0.717) is 19.4 Å². The van der Waals surface area contributed by atoms with E-state index in [-0.39, 0.29) is 17.7 Å². The number of piperidine rings is 1. The number of hydrogen-bond donors (Lipinski definition) is 2. The molecule has 0 saturated carbocycles. The molecular formula is C18H25N3O2. The van der Waals surface area contributed by atoms with Crippen LogP contribution in [0.2, 0.25) is 0 Å². The Bertz CT molecular complexity index is 567. The monoisotopic (exact) mass is 315 g/mol. The average Bonchev–Trinajstić information content (AvgIpc) is 3.03. The van der Waals surface area contributed by atoms with E-state index in [1.165, 1.54) is 5.56 Å². The van der Waals surface area contributed by atoms with E-state index in [1.807, 2.05) is 23.1 Å². The molecule has 1 unspecified atom stereocenters. The first-order chi connectivity index (χ1) is 11.3. The van der Waals surface area contributed by atoms with Gasteiger partial charge in [0.1, 0.15) is 0 Å². The van der Waals surface area contributed by atoms with Crippen molar-refractivity contribution in [3.63, 3.8) is 0 Å². The van der Waals surface area contributed by atoms with Crippen molar-refractivity contribution >= 4 is 17.5 Å². The van der Waals surface area contributed by atoms with Gasteiger partial charge in [0.2, 0.25) is 11.8 Å². The van der Waals surface area contributed by atoms with Crippen LogP contribution in [0.3, 0.4) is 0 Å². The first-order valence-electron chi connectivity index (χ1n) is 8.62. The highest BCUT2D eigenvalue weighted by Crippen LogP contribution is 2.27. The van der Waals surface area contributed by atoms with Crippen LogP contribution < -0.4 is 15.5 Å². The van der Waals surface area contributed by atoms with Gasteiger partial charge < -0.3 is 15.5 Å². The van der Waals surface area contributed by atoms with Gasteiger partial charge in [0.15, 0.2) is 0 Å². The Balaban J connectivity index is 1.39. The molecule has 1 aromatic carbocycles. The number of anilines is 1. The molecule has 2 aliphatic heterocycles. The Morgan fingerprint density at radius 2 is 2.17 bits per heavy atom. The molecule has 0 radical (unpaired) electrons. The normalized spacial score (nSPS) is 20.2. The number of carbonyl (C=O) groups excluding carboxylic acids is 2. The molecule has 2 aliphatic rings. The topological polar surface area (TPSA) is 61.4 Å². The zero-order valence-electron chi connectivity index (χ0n) is 13.5. The summed E-state index contributed by atoms with van der Waals surface area (Å²) in [5.41, 5.74) is 2.30. The van der Waals surface area contributed by atoms with Crippen molar-refractivity contribution in [2.45, 2.75) is 32.1 Å². The van der Waals surface area contributed by atoms with Gasteiger partial charge in [0.25, 0.3) is 0 Å². The summed E-state index contributed by atoms with van der Waals surface area (Å²) in [5, 5.41) is 6.22. The standard InChI is InChI=1S/C18H25N3O2/c22-17(21-12-9-14-5-1-2-7-16(14)21)8-4-11-20-18(23)15-6-3-10-19-13-15/h1-2,5,7,15,19H,3-4,6,8-13H2,(H,20,23). The molecule has 0 aromatic heterocycles. The first-order valence-corrected chi connectivity index (χ1v) is 8.62. The molecule has 1 atom stereocenters. The smallest absolute Gasteiger partial charge is 0.227 e. The zero-order valence-corrected chi connectivity index (χ0v) is 13.5. The molecule has 1 fully saturated rings. The largest absolute Gasteiger partial charge is 0.356 e. The SMILES string of the molecule is O=C(NCCCC(=O)N1CCc2ccccc21)C1CCCNC1. The fraction of sp³-hybridized carbons (Fsp3) is 0.556. The van der Waals surface area contributed by atoms with Gasteiger partial charge in [-0.25, -0.2) is 0 Å². The quantitative estimate of drug-likeness (QED) is 0.809. The predicted octanol–water partition coefficient (Wildman–Crippen LogP) is 1.47. The Morgan fingerprint density at radius 1 is 1.30 bits per heavy atom. The van der Waals surface area contributed by atoms with Gasteiger partial charge in [-0.15, -0.1) is 0 Å². The summed E-state index contributed by atoms with van der Waals surface area (Å²) in [5.74, 6) is 0.365. The molecule has 23 heavy (non-hydrogen) atoms. The fourth-order valence-electron chi connectivity index (χ4n) is 3.40. The van der Waals surface area contributed by atoms with Crippen LogP contribution in [-0.2, 0) is 16.0 Å². The molecule has 0 bridgehead atoms. The third-order valence-electron chi connectivity index (χ3n) is 4.72. The molecular weight excluding hydrogens is 290 g/mol. The summed E-state index contributed by atoms with van der Waals surface area (Å²) in [6.07, 6.45) is 4.14. The lowest BCUT2D eigenvalue weighted by molar-refractivity contribution is -0.125. The molecule has 2 N–H and O–H groups in total. The van der Waals surface area contributed by atoms with Gasteiger partial charge in [-0.3, -0.25) is 9.59 Å². The van der Waals surface area contributed by atoms with E-state index < -0.39 is 0 Å². The minimum Gasteiger partial charge on any atom is -0.356 e. The fourth-order valence-corrected chi connectivity index (χ4v) is 3.40. The maximum Gasteiger partial charge on any atom is 0.227 e. The molecule has 1 saturated heterocycles.